The maximum Gasteiger partial charge on any atom is 0.161 e. The van der Waals surface area contributed by atoms with Gasteiger partial charge in [-0.25, -0.2) is 4.39 Å². The van der Waals surface area contributed by atoms with E-state index < -0.39 is 0 Å². The predicted octanol–water partition coefficient (Wildman–Crippen LogP) is 3.18. The fraction of sp³-hybridized carbons (Fsp3) is 0.273. The van der Waals surface area contributed by atoms with E-state index in [2.05, 4.69) is 10.2 Å². The van der Waals surface area contributed by atoms with Crippen LogP contribution in [-0.4, -0.2) is 30.5 Å². The van der Waals surface area contributed by atoms with E-state index in [1.165, 1.54) is 6.08 Å². The quantitative estimate of drug-likeness (QED) is 0.810. The summed E-state index contributed by atoms with van der Waals surface area (Å²) in [7, 11) is 3.21. The molecule has 6 heteroatoms. The highest BCUT2D eigenvalue weighted by atomic mass is 19.1. The lowest BCUT2D eigenvalue weighted by Crippen LogP contribution is -2.09. The summed E-state index contributed by atoms with van der Waals surface area (Å²) in [5.41, 5.74) is 2.13. The van der Waals surface area contributed by atoms with E-state index in [1.54, 1.807) is 33.3 Å². The third-order valence-electron chi connectivity index (χ3n) is 4.74. The molecule has 0 fully saturated rings. The molecule has 28 heavy (non-hydrogen) atoms. The highest BCUT2D eigenvalue weighted by Gasteiger charge is 2.11. The first-order valence-corrected chi connectivity index (χ1v) is 9.02. The zero-order valence-electron chi connectivity index (χ0n) is 16.7. The molecular weight excluding hydrogens is 357 g/mol. The van der Waals surface area contributed by atoms with Crippen molar-refractivity contribution < 1.29 is 13.9 Å². The van der Waals surface area contributed by atoms with Gasteiger partial charge < -0.3 is 9.47 Å². The second kappa shape index (κ2) is 8.25. The summed E-state index contributed by atoms with van der Waals surface area (Å²) in [6.45, 7) is 5.47. The molecule has 1 unspecified atom stereocenters. The minimum atomic E-state index is -0.284. The first-order chi connectivity index (χ1) is 13.5. The van der Waals surface area contributed by atoms with Crippen molar-refractivity contribution in [2.45, 2.75) is 26.8 Å². The smallest absolute Gasteiger partial charge is 0.161 e. The third-order valence-corrected chi connectivity index (χ3v) is 4.74. The molecule has 2 aromatic rings. The molecule has 2 heterocycles. The molecular formula is C22H24FN3O2. The highest BCUT2D eigenvalue weighted by molar-refractivity contribution is 5.47. The zero-order valence-corrected chi connectivity index (χ0v) is 16.7. The number of aryl methyl sites for hydroxylation is 1. The summed E-state index contributed by atoms with van der Waals surface area (Å²) in [6.07, 6.45) is 8.71. The molecule has 0 bridgehead atoms. The van der Waals surface area contributed by atoms with Crippen LogP contribution in [0.5, 0.6) is 11.5 Å². The van der Waals surface area contributed by atoms with E-state index in [1.807, 2.05) is 38.1 Å². The molecule has 0 amide bonds. The van der Waals surface area contributed by atoms with Crippen molar-refractivity contribution in [1.29, 1.82) is 0 Å². The van der Waals surface area contributed by atoms with Gasteiger partial charge in [-0.2, -0.15) is 5.10 Å². The van der Waals surface area contributed by atoms with E-state index in [0.29, 0.717) is 22.6 Å². The number of aromatic nitrogens is 2. The molecule has 0 saturated heterocycles. The number of benzene rings is 1. The van der Waals surface area contributed by atoms with E-state index in [0.717, 1.165) is 21.3 Å². The van der Waals surface area contributed by atoms with Crippen LogP contribution in [0, 0.1) is 17.4 Å². The second-order valence-electron chi connectivity index (χ2n) is 6.48. The number of hydrogen-bond acceptors (Lipinski definition) is 4. The van der Waals surface area contributed by atoms with Gasteiger partial charge in [0.05, 0.1) is 26.0 Å². The Morgan fingerprint density at radius 3 is 2.61 bits per heavy atom. The first-order valence-electron chi connectivity index (χ1n) is 9.02. The molecule has 1 aliphatic heterocycles. The number of methoxy groups -OCH3 is 2. The largest absolute Gasteiger partial charge is 0.493 e. The van der Waals surface area contributed by atoms with Gasteiger partial charge in [0.25, 0.3) is 0 Å². The van der Waals surface area contributed by atoms with Crippen molar-refractivity contribution in [2.75, 3.05) is 14.2 Å². The van der Waals surface area contributed by atoms with E-state index in [9.17, 15) is 4.39 Å². The molecule has 5 nitrogen and oxygen atoms in total. The second-order valence-corrected chi connectivity index (χ2v) is 6.48. The van der Waals surface area contributed by atoms with Crippen LogP contribution < -0.4 is 20.2 Å². The number of H-pyrrole nitrogens is 1. The summed E-state index contributed by atoms with van der Waals surface area (Å²) >= 11 is 0. The highest BCUT2D eigenvalue weighted by Crippen LogP contribution is 2.24. The molecule has 0 aliphatic carbocycles. The monoisotopic (exact) mass is 381 g/mol. The number of fused-ring (bicyclic) bond motifs is 2. The van der Waals surface area contributed by atoms with Crippen molar-refractivity contribution in [3.8, 4) is 11.5 Å². The normalized spacial score (nSPS) is 16.7. The number of allylic oxidation sites excluding steroid dienone is 5. The van der Waals surface area contributed by atoms with Crippen molar-refractivity contribution >= 4 is 6.08 Å². The lowest BCUT2D eigenvalue weighted by molar-refractivity contribution is 0.354. The van der Waals surface area contributed by atoms with Gasteiger partial charge in [0.1, 0.15) is 5.83 Å². The maximum atomic E-state index is 13.9. The third kappa shape index (κ3) is 3.76. The van der Waals surface area contributed by atoms with Gasteiger partial charge in [0.15, 0.2) is 17.0 Å². The topological polar surface area (TPSA) is 59.5 Å². The van der Waals surface area contributed by atoms with Crippen LogP contribution in [0.1, 0.15) is 19.5 Å². The van der Waals surface area contributed by atoms with Crippen LogP contribution in [-0.2, 0) is 0 Å². The summed E-state index contributed by atoms with van der Waals surface area (Å²) in [6, 6.07) is 3.57. The molecule has 1 aliphatic rings. The molecule has 146 valence electrons. The van der Waals surface area contributed by atoms with Gasteiger partial charge in [0, 0.05) is 5.22 Å². The Morgan fingerprint density at radius 1 is 1.21 bits per heavy atom. The Balaban J connectivity index is 2.22. The SMILES string of the molecule is C\C=C(C)/C(F)=C\C=C\C1C=c2cc(OC)c(OC)cc2=c2c(C)n[nH]c2=N1. The van der Waals surface area contributed by atoms with Crippen LogP contribution in [0.4, 0.5) is 4.39 Å². The van der Waals surface area contributed by atoms with Crippen LogP contribution in [0.25, 0.3) is 6.08 Å². The lowest BCUT2D eigenvalue weighted by atomic mass is 10.1. The number of halogens is 1. The molecule has 1 aromatic heterocycles. The zero-order chi connectivity index (χ0) is 20.3. The van der Waals surface area contributed by atoms with Crippen molar-refractivity contribution in [1.82, 2.24) is 10.2 Å². The summed E-state index contributed by atoms with van der Waals surface area (Å²) in [5.74, 6) is 1.01. The Hall–Kier alpha value is -3.15. The summed E-state index contributed by atoms with van der Waals surface area (Å²) < 4.78 is 24.9. The predicted molar refractivity (Wildman–Crippen MR) is 107 cm³/mol. The number of rotatable bonds is 5. The van der Waals surface area contributed by atoms with E-state index in [4.69, 9.17) is 14.5 Å². The van der Waals surface area contributed by atoms with Gasteiger partial charge in [-0.1, -0.05) is 18.2 Å². The molecule has 1 atom stereocenters. The van der Waals surface area contributed by atoms with Gasteiger partial charge >= 0.3 is 0 Å². The van der Waals surface area contributed by atoms with Gasteiger partial charge in [-0.3, -0.25) is 10.1 Å². The Morgan fingerprint density at radius 2 is 1.93 bits per heavy atom. The standard InChI is InChI=1S/C22H24FN3O2/c1-6-13(2)18(23)9-7-8-16-10-15-11-19(27-4)20(28-5)12-17(15)21-14(3)25-26-22(21)24-16/h6-12,16H,1-5H3,(H,24,26)/b8-7+,13-6-,18-9+. The van der Waals surface area contributed by atoms with Crippen molar-refractivity contribution in [2.24, 2.45) is 4.99 Å². The maximum absolute atomic E-state index is 13.9. The fourth-order valence-corrected chi connectivity index (χ4v) is 3.08. The molecule has 3 rings (SSSR count). The molecule has 0 radical (unpaired) electrons. The molecule has 1 N–H and O–H groups in total. The lowest BCUT2D eigenvalue weighted by Gasteiger charge is -2.07. The molecule has 0 spiro atoms. The van der Waals surface area contributed by atoms with Gasteiger partial charge in [-0.05, 0) is 61.1 Å². The minimum absolute atomic E-state index is 0.266. The van der Waals surface area contributed by atoms with Crippen LogP contribution in [0.15, 0.2) is 52.8 Å². The molecule has 1 aromatic carbocycles. The molecule has 0 saturated carbocycles. The average molecular weight is 381 g/mol. The van der Waals surface area contributed by atoms with Crippen LogP contribution >= 0.6 is 0 Å². The van der Waals surface area contributed by atoms with E-state index in [-0.39, 0.29) is 11.9 Å². The summed E-state index contributed by atoms with van der Waals surface area (Å²) in [4.78, 5) is 4.74. The minimum Gasteiger partial charge on any atom is -0.493 e. The number of hydrogen-bond donors (Lipinski definition) is 1. The Labute approximate surface area is 162 Å². The number of ether oxygens (including phenoxy) is 2. The van der Waals surface area contributed by atoms with E-state index >= 15 is 0 Å². The number of nitrogens with zero attached hydrogens (tertiary/aromatic N) is 2. The van der Waals surface area contributed by atoms with Crippen molar-refractivity contribution in [3.05, 3.63) is 74.7 Å². The number of nitrogens with one attached hydrogen (secondary N) is 1. The Kier molecular flexibility index (Phi) is 5.78. The Bertz CT molecular complexity index is 1190. The first kappa shape index (κ1) is 19.6. The van der Waals surface area contributed by atoms with Gasteiger partial charge in [-0.15, -0.1) is 0 Å². The van der Waals surface area contributed by atoms with Crippen LogP contribution in [0.2, 0.25) is 0 Å². The van der Waals surface area contributed by atoms with Gasteiger partial charge in [0.2, 0.25) is 0 Å². The summed E-state index contributed by atoms with van der Waals surface area (Å²) in [5, 5.41) is 10.1. The fourth-order valence-electron chi connectivity index (χ4n) is 3.08. The van der Waals surface area contributed by atoms with Crippen LogP contribution in [0.3, 0.4) is 0 Å². The number of aromatic amines is 1. The van der Waals surface area contributed by atoms with Crippen molar-refractivity contribution in [3.63, 3.8) is 0 Å². The average Bonchev–Trinajstić information content (AvgIpc) is 2.98.